The summed E-state index contributed by atoms with van der Waals surface area (Å²) in [5.74, 6) is -0.793. The second-order valence-electron chi connectivity index (χ2n) is 3.84. The Balaban J connectivity index is 3.22. The second kappa shape index (κ2) is 6.40. The van der Waals surface area contributed by atoms with Gasteiger partial charge in [-0.3, -0.25) is 0 Å². The van der Waals surface area contributed by atoms with Crippen LogP contribution in [0.25, 0.3) is 0 Å². The van der Waals surface area contributed by atoms with E-state index in [1.54, 1.807) is 19.2 Å². The normalized spacial score (nSPS) is 13.1. The van der Waals surface area contributed by atoms with Gasteiger partial charge in [0.15, 0.2) is 15.9 Å². The van der Waals surface area contributed by atoms with Gasteiger partial charge in [0, 0.05) is 11.2 Å². The molecular formula is C12H16O5S2. The van der Waals surface area contributed by atoms with Gasteiger partial charge in [0.05, 0.1) is 11.5 Å². The summed E-state index contributed by atoms with van der Waals surface area (Å²) in [6.45, 7) is 1.78. The lowest BCUT2D eigenvalue weighted by Crippen LogP contribution is -2.16. The Morgan fingerprint density at radius 2 is 2.11 bits per heavy atom. The average Bonchev–Trinajstić information content (AvgIpc) is 2.36. The van der Waals surface area contributed by atoms with E-state index >= 15 is 0 Å². The Labute approximate surface area is 116 Å². The van der Waals surface area contributed by atoms with Crippen LogP contribution in [0.3, 0.4) is 0 Å². The zero-order valence-electron chi connectivity index (χ0n) is 10.9. The molecule has 0 aliphatic carbocycles. The van der Waals surface area contributed by atoms with Gasteiger partial charge in [-0.2, -0.15) is 0 Å². The van der Waals surface area contributed by atoms with E-state index in [9.17, 15) is 18.3 Å². The fourth-order valence-corrected chi connectivity index (χ4v) is 3.46. The largest absolute Gasteiger partial charge is 0.464 e. The van der Waals surface area contributed by atoms with Crippen LogP contribution in [0.1, 0.15) is 18.6 Å². The lowest BCUT2D eigenvalue weighted by Gasteiger charge is -2.12. The molecule has 0 aromatic heterocycles. The molecule has 7 heteroatoms. The van der Waals surface area contributed by atoms with Crippen LogP contribution in [0.15, 0.2) is 28.0 Å². The van der Waals surface area contributed by atoms with E-state index < -0.39 is 21.9 Å². The number of thioether (sulfide) groups is 1. The molecule has 0 saturated heterocycles. The van der Waals surface area contributed by atoms with Gasteiger partial charge >= 0.3 is 5.97 Å². The number of carbonyl (C=O) groups excluding carboxylic acids is 1. The molecule has 0 aliphatic rings. The first kappa shape index (κ1) is 16.0. The molecule has 0 radical (unpaired) electrons. The predicted octanol–water partition coefficient (Wildman–Crippen LogP) is 1.41. The molecule has 0 bridgehead atoms. The van der Waals surface area contributed by atoms with Gasteiger partial charge in [0.2, 0.25) is 0 Å². The Hall–Kier alpha value is -1.05. The summed E-state index contributed by atoms with van der Waals surface area (Å²) in [6, 6.07) is 4.39. The molecule has 1 aromatic rings. The molecule has 0 fully saturated rings. The molecule has 0 saturated carbocycles. The summed E-state index contributed by atoms with van der Waals surface area (Å²) in [6.07, 6.45) is 1.37. The van der Waals surface area contributed by atoms with Crippen LogP contribution in [0, 0.1) is 0 Å². The minimum atomic E-state index is -3.42. The fourth-order valence-electron chi connectivity index (χ4n) is 1.51. The lowest BCUT2D eigenvalue weighted by molar-refractivity contribution is -0.153. The summed E-state index contributed by atoms with van der Waals surface area (Å²) in [4.78, 5) is 12.1. The number of sulfone groups is 1. The van der Waals surface area contributed by atoms with Gasteiger partial charge in [0.1, 0.15) is 0 Å². The molecule has 1 unspecified atom stereocenters. The molecule has 106 valence electrons. The first-order chi connectivity index (χ1) is 8.81. The highest BCUT2D eigenvalue weighted by Gasteiger charge is 2.22. The SMILES string of the molecule is CCOC(=O)C(O)c1ccc(SC)c(S(C)(=O)=O)c1. The minimum Gasteiger partial charge on any atom is -0.464 e. The van der Waals surface area contributed by atoms with Gasteiger partial charge in [-0.1, -0.05) is 6.07 Å². The molecule has 1 N–H and O–H groups in total. The maximum Gasteiger partial charge on any atom is 0.339 e. The monoisotopic (exact) mass is 304 g/mol. The van der Waals surface area contributed by atoms with Crippen molar-refractivity contribution in [2.24, 2.45) is 0 Å². The summed E-state index contributed by atoms with van der Waals surface area (Å²) in [5, 5.41) is 9.80. The Bertz CT molecular complexity index is 565. The quantitative estimate of drug-likeness (QED) is 0.654. The number of benzene rings is 1. The van der Waals surface area contributed by atoms with Crippen molar-refractivity contribution >= 4 is 27.6 Å². The smallest absolute Gasteiger partial charge is 0.339 e. The first-order valence-electron chi connectivity index (χ1n) is 5.54. The van der Waals surface area contributed by atoms with Crippen LogP contribution in [-0.2, 0) is 19.4 Å². The van der Waals surface area contributed by atoms with Gasteiger partial charge in [-0.15, -0.1) is 11.8 Å². The molecule has 5 nitrogen and oxygen atoms in total. The number of ether oxygens (including phenoxy) is 1. The number of aliphatic hydroxyl groups excluding tert-OH is 1. The zero-order chi connectivity index (χ0) is 14.6. The van der Waals surface area contributed by atoms with Crippen molar-refractivity contribution in [3.8, 4) is 0 Å². The highest BCUT2D eigenvalue weighted by atomic mass is 32.2. The molecule has 1 atom stereocenters. The summed E-state index contributed by atoms with van der Waals surface area (Å²) in [7, 11) is -3.42. The van der Waals surface area contributed by atoms with Crippen molar-refractivity contribution in [1.82, 2.24) is 0 Å². The lowest BCUT2D eigenvalue weighted by atomic mass is 10.1. The van der Waals surface area contributed by atoms with Gasteiger partial charge in [-0.25, -0.2) is 13.2 Å². The predicted molar refractivity (Wildman–Crippen MR) is 72.9 cm³/mol. The van der Waals surface area contributed by atoms with E-state index in [1.807, 2.05) is 0 Å². The topological polar surface area (TPSA) is 80.7 Å². The third-order valence-corrected chi connectivity index (χ3v) is 4.47. The molecule has 0 spiro atoms. The van der Waals surface area contributed by atoms with Crippen LogP contribution in [0.5, 0.6) is 0 Å². The summed E-state index contributed by atoms with van der Waals surface area (Å²) >= 11 is 1.28. The Morgan fingerprint density at radius 1 is 1.47 bits per heavy atom. The molecular weight excluding hydrogens is 288 g/mol. The van der Waals surface area contributed by atoms with E-state index in [2.05, 4.69) is 0 Å². The molecule has 1 aromatic carbocycles. The van der Waals surface area contributed by atoms with E-state index in [4.69, 9.17) is 4.74 Å². The van der Waals surface area contributed by atoms with Crippen molar-refractivity contribution in [2.45, 2.75) is 22.8 Å². The van der Waals surface area contributed by atoms with E-state index in [0.717, 1.165) is 6.26 Å². The summed E-state index contributed by atoms with van der Waals surface area (Å²) in [5.41, 5.74) is 0.205. The number of aliphatic hydroxyl groups is 1. The van der Waals surface area contributed by atoms with Crippen molar-refractivity contribution in [2.75, 3.05) is 19.1 Å². The van der Waals surface area contributed by atoms with Crippen LogP contribution >= 0.6 is 11.8 Å². The molecule has 19 heavy (non-hydrogen) atoms. The third-order valence-electron chi connectivity index (χ3n) is 2.41. The van der Waals surface area contributed by atoms with E-state index in [0.29, 0.717) is 4.90 Å². The third kappa shape index (κ3) is 3.95. The first-order valence-corrected chi connectivity index (χ1v) is 8.65. The number of esters is 1. The van der Waals surface area contributed by atoms with Gasteiger partial charge in [0.25, 0.3) is 0 Å². The van der Waals surface area contributed by atoms with Crippen LogP contribution in [0.2, 0.25) is 0 Å². The van der Waals surface area contributed by atoms with Crippen LogP contribution < -0.4 is 0 Å². The number of hydrogen-bond donors (Lipinski definition) is 1. The maximum absolute atomic E-state index is 11.7. The Kier molecular flexibility index (Phi) is 5.39. The summed E-state index contributed by atoms with van der Waals surface area (Å²) < 4.78 is 28.0. The number of carbonyl (C=O) groups is 1. The van der Waals surface area contributed by atoms with Crippen LogP contribution in [0.4, 0.5) is 0 Å². The number of rotatable bonds is 5. The van der Waals surface area contributed by atoms with Crippen LogP contribution in [-0.4, -0.2) is 38.6 Å². The highest BCUT2D eigenvalue weighted by Crippen LogP contribution is 2.28. The minimum absolute atomic E-state index is 0.0980. The Morgan fingerprint density at radius 3 is 2.58 bits per heavy atom. The molecule has 0 aliphatic heterocycles. The van der Waals surface area contributed by atoms with E-state index in [1.165, 1.54) is 23.9 Å². The van der Waals surface area contributed by atoms with Crippen molar-refractivity contribution < 1.29 is 23.1 Å². The van der Waals surface area contributed by atoms with Crippen molar-refractivity contribution in [1.29, 1.82) is 0 Å². The standard InChI is InChI=1S/C12H16O5S2/c1-4-17-12(14)11(13)8-5-6-9(18-2)10(7-8)19(3,15)16/h5-7,11,13H,4H2,1-3H3. The van der Waals surface area contributed by atoms with Crippen molar-refractivity contribution in [3.05, 3.63) is 23.8 Å². The molecule has 0 heterocycles. The van der Waals surface area contributed by atoms with Crippen molar-refractivity contribution in [3.63, 3.8) is 0 Å². The average molecular weight is 304 g/mol. The second-order valence-corrected chi connectivity index (χ2v) is 6.67. The number of hydrogen-bond acceptors (Lipinski definition) is 6. The maximum atomic E-state index is 11.7. The van der Waals surface area contributed by atoms with Gasteiger partial charge < -0.3 is 9.84 Å². The highest BCUT2D eigenvalue weighted by molar-refractivity contribution is 7.99. The van der Waals surface area contributed by atoms with E-state index in [-0.39, 0.29) is 17.1 Å². The van der Waals surface area contributed by atoms with Gasteiger partial charge in [-0.05, 0) is 30.9 Å². The zero-order valence-corrected chi connectivity index (χ0v) is 12.5. The fraction of sp³-hybridized carbons (Fsp3) is 0.417. The molecule has 1 rings (SSSR count). The molecule has 0 amide bonds.